The number of nitrogens with zero attached hydrogens (tertiary/aromatic N) is 2. The summed E-state index contributed by atoms with van der Waals surface area (Å²) in [6.07, 6.45) is 0. The van der Waals surface area contributed by atoms with Gasteiger partial charge in [0.1, 0.15) is 5.15 Å². The predicted octanol–water partition coefficient (Wildman–Crippen LogP) is 3.63. The maximum atomic E-state index is 5.88. The SMILES string of the molecule is Clc1cc[c]c(-n2nc(Cl)cc2Cl)c1. The molecule has 2 rings (SSSR count). The van der Waals surface area contributed by atoms with Gasteiger partial charge in [0.05, 0.1) is 5.69 Å². The number of aromatic nitrogens is 2. The lowest BCUT2D eigenvalue weighted by Gasteiger charge is -2.01. The second-order valence-electron chi connectivity index (χ2n) is 2.59. The van der Waals surface area contributed by atoms with E-state index in [0.717, 1.165) is 0 Å². The highest BCUT2D eigenvalue weighted by Gasteiger charge is 2.06. The first-order valence-electron chi connectivity index (χ1n) is 3.75. The fourth-order valence-corrected chi connectivity index (χ4v) is 1.68. The van der Waals surface area contributed by atoms with E-state index in [1.165, 1.54) is 4.68 Å². The molecule has 0 bridgehead atoms. The van der Waals surface area contributed by atoms with E-state index in [-0.39, 0.29) is 0 Å². The molecular weight excluding hydrogens is 242 g/mol. The van der Waals surface area contributed by atoms with E-state index in [0.29, 0.717) is 21.0 Å². The van der Waals surface area contributed by atoms with Crippen molar-refractivity contribution in [1.82, 2.24) is 9.78 Å². The molecule has 5 heteroatoms. The summed E-state index contributed by atoms with van der Waals surface area (Å²) in [5.74, 6) is 0. The van der Waals surface area contributed by atoms with Crippen LogP contribution in [0.5, 0.6) is 0 Å². The zero-order valence-corrected chi connectivity index (χ0v) is 9.11. The first-order valence-corrected chi connectivity index (χ1v) is 4.89. The van der Waals surface area contributed by atoms with Crippen molar-refractivity contribution in [2.45, 2.75) is 0 Å². The van der Waals surface area contributed by atoms with Crippen LogP contribution >= 0.6 is 34.8 Å². The third-order valence-electron chi connectivity index (χ3n) is 1.61. The van der Waals surface area contributed by atoms with Crippen molar-refractivity contribution in [1.29, 1.82) is 0 Å². The Labute approximate surface area is 96.0 Å². The zero-order valence-electron chi connectivity index (χ0n) is 6.84. The van der Waals surface area contributed by atoms with Crippen molar-refractivity contribution in [2.24, 2.45) is 0 Å². The maximum Gasteiger partial charge on any atom is 0.153 e. The van der Waals surface area contributed by atoms with Crippen LogP contribution in [-0.4, -0.2) is 9.78 Å². The normalized spacial score (nSPS) is 10.5. The summed E-state index contributed by atoms with van der Waals surface area (Å²) in [7, 11) is 0. The Morgan fingerprint density at radius 3 is 2.57 bits per heavy atom. The van der Waals surface area contributed by atoms with Gasteiger partial charge in [0.25, 0.3) is 0 Å². The lowest BCUT2D eigenvalue weighted by Crippen LogP contribution is -1.95. The molecule has 0 aliphatic heterocycles. The van der Waals surface area contributed by atoms with Gasteiger partial charge in [-0.1, -0.05) is 40.9 Å². The zero-order chi connectivity index (χ0) is 10.1. The number of benzene rings is 1. The summed E-state index contributed by atoms with van der Waals surface area (Å²) >= 11 is 17.4. The minimum atomic E-state index is 0.336. The number of halogens is 3. The monoisotopic (exact) mass is 245 g/mol. The summed E-state index contributed by atoms with van der Waals surface area (Å²) < 4.78 is 1.47. The molecule has 1 aromatic carbocycles. The van der Waals surface area contributed by atoms with E-state index in [1.807, 2.05) is 0 Å². The third-order valence-corrected chi connectivity index (χ3v) is 2.30. The lowest BCUT2D eigenvalue weighted by atomic mass is 10.3. The first-order chi connectivity index (χ1) is 6.66. The van der Waals surface area contributed by atoms with Crippen molar-refractivity contribution in [2.75, 3.05) is 0 Å². The standard InChI is InChI=1S/C9H4Cl3N2/c10-6-2-1-3-7(4-6)14-9(12)5-8(11)13-14/h1-2,4-5H. The Bertz CT molecular complexity index is 465. The summed E-state index contributed by atoms with van der Waals surface area (Å²) in [5, 5.41) is 5.34. The molecule has 14 heavy (non-hydrogen) atoms. The smallest absolute Gasteiger partial charge is 0.153 e. The third kappa shape index (κ3) is 1.87. The lowest BCUT2D eigenvalue weighted by molar-refractivity contribution is 0.880. The van der Waals surface area contributed by atoms with Gasteiger partial charge in [-0.3, -0.25) is 0 Å². The van der Waals surface area contributed by atoms with Crippen molar-refractivity contribution in [3.63, 3.8) is 0 Å². The molecule has 1 aromatic heterocycles. The first kappa shape index (κ1) is 9.84. The van der Waals surface area contributed by atoms with Crippen molar-refractivity contribution in [3.05, 3.63) is 45.7 Å². The van der Waals surface area contributed by atoms with Gasteiger partial charge in [0.2, 0.25) is 0 Å². The van der Waals surface area contributed by atoms with E-state index in [4.69, 9.17) is 34.8 Å². The van der Waals surface area contributed by atoms with E-state index < -0.39 is 0 Å². The van der Waals surface area contributed by atoms with Gasteiger partial charge in [-0.15, -0.1) is 0 Å². The molecule has 0 atom stereocenters. The minimum absolute atomic E-state index is 0.336. The van der Waals surface area contributed by atoms with Gasteiger partial charge < -0.3 is 0 Å². The average molecular weight is 247 g/mol. The van der Waals surface area contributed by atoms with Crippen LogP contribution < -0.4 is 0 Å². The molecule has 2 nitrogen and oxygen atoms in total. The van der Waals surface area contributed by atoms with E-state index in [9.17, 15) is 0 Å². The van der Waals surface area contributed by atoms with Crippen LogP contribution in [0.2, 0.25) is 15.3 Å². The fraction of sp³-hybridized carbons (Fsp3) is 0. The predicted molar refractivity (Wildman–Crippen MR) is 57.4 cm³/mol. The van der Waals surface area contributed by atoms with Crippen LogP contribution in [0.25, 0.3) is 5.69 Å². The second kappa shape index (κ2) is 3.81. The minimum Gasteiger partial charge on any atom is -0.220 e. The Morgan fingerprint density at radius 2 is 2.00 bits per heavy atom. The molecule has 1 heterocycles. The Balaban J connectivity index is 2.54. The molecule has 0 N–H and O–H groups in total. The fourth-order valence-electron chi connectivity index (χ4n) is 1.05. The van der Waals surface area contributed by atoms with Crippen LogP contribution in [0.15, 0.2) is 24.3 Å². The number of rotatable bonds is 1. The molecule has 2 aromatic rings. The van der Waals surface area contributed by atoms with Gasteiger partial charge in [-0.05, 0) is 12.1 Å². The summed E-state index contributed by atoms with van der Waals surface area (Å²) in [5.41, 5.74) is 0.661. The molecule has 0 fully saturated rings. The summed E-state index contributed by atoms with van der Waals surface area (Å²) in [6.45, 7) is 0. The highest BCUT2D eigenvalue weighted by Crippen LogP contribution is 2.21. The van der Waals surface area contributed by atoms with Crippen LogP contribution in [0.1, 0.15) is 0 Å². The maximum absolute atomic E-state index is 5.88. The van der Waals surface area contributed by atoms with Gasteiger partial charge in [0, 0.05) is 17.2 Å². The number of hydrogen-bond acceptors (Lipinski definition) is 1. The Kier molecular flexibility index (Phi) is 2.68. The van der Waals surface area contributed by atoms with Crippen LogP contribution in [0.4, 0.5) is 0 Å². The molecule has 0 saturated heterocycles. The van der Waals surface area contributed by atoms with E-state index in [1.54, 1.807) is 24.3 Å². The highest BCUT2D eigenvalue weighted by atomic mass is 35.5. The quantitative estimate of drug-likeness (QED) is 0.751. The van der Waals surface area contributed by atoms with Crippen molar-refractivity contribution >= 4 is 34.8 Å². The second-order valence-corrected chi connectivity index (χ2v) is 3.80. The summed E-state index contributed by atoms with van der Waals surface area (Å²) in [4.78, 5) is 0. The van der Waals surface area contributed by atoms with Crippen LogP contribution in [0, 0.1) is 6.07 Å². The molecule has 0 aliphatic carbocycles. The Morgan fingerprint density at radius 1 is 1.21 bits per heavy atom. The van der Waals surface area contributed by atoms with Crippen LogP contribution in [-0.2, 0) is 0 Å². The van der Waals surface area contributed by atoms with Gasteiger partial charge in [-0.2, -0.15) is 5.10 Å². The van der Waals surface area contributed by atoms with Gasteiger partial charge >= 0.3 is 0 Å². The average Bonchev–Trinajstić information content (AvgIpc) is 2.45. The molecule has 0 spiro atoms. The van der Waals surface area contributed by atoms with Crippen LogP contribution in [0.3, 0.4) is 0 Å². The highest BCUT2D eigenvalue weighted by molar-refractivity contribution is 6.33. The molecule has 0 saturated carbocycles. The largest absolute Gasteiger partial charge is 0.220 e. The van der Waals surface area contributed by atoms with Crippen molar-refractivity contribution in [3.8, 4) is 5.69 Å². The molecule has 1 radical (unpaired) electrons. The van der Waals surface area contributed by atoms with Crippen molar-refractivity contribution < 1.29 is 0 Å². The molecular formula is C9H4Cl3N2. The van der Waals surface area contributed by atoms with E-state index >= 15 is 0 Å². The molecule has 0 unspecified atom stereocenters. The molecule has 71 valence electrons. The molecule has 0 aliphatic rings. The topological polar surface area (TPSA) is 17.8 Å². The van der Waals surface area contributed by atoms with Gasteiger partial charge in [-0.25, -0.2) is 4.68 Å². The van der Waals surface area contributed by atoms with Gasteiger partial charge in [0.15, 0.2) is 5.15 Å². The number of hydrogen-bond donors (Lipinski definition) is 0. The van der Waals surface area contributed by atoms with E-state index in [2.05, 4.69) is 11.2 Å². The Hall–Kier alpha value is -0.700. The molecule has 0 amide bonds. The summed E-state index contributed by atoms with van der Waals surface area (Å²) in [6, 6.07) is 9.64.